The van der Waals surface area contributed by atoms with Crippen LogP contribution < -0.4 is 15.5 Å². The first-order valence-corrected chi connectivity index (χ1v) is 10.1. The zero-order chi connectivity index (χ0) is 21.1. The Labute approximate surface area is 197 Å². The maximum absolute atomic E-state index is 14.1. The van der Waals surface area contributed by atoms with Crippen LogP contribution in [0, 0.1) is 18.6 Å². The third-order valence-electron chi connectivity index (χ3n) is 5.48. The number of hydrogen-bond acceptors (Lipinski definition) is 3. The number of aryl methyl sites for hydroxylation is 1. The van der Waals surface area contributed by atoms with Crippen molar-refractivity contribution in [2.24, 2.45) is 4.99 Å². The number of nitrogens with zero attached hydrogens (tertiary/aromatic N) is 4. The minimum absolute atomic E-state index is 0. The van der Waals surface area contributed by atoms with Crippen LogP contribution in [0.2, 0.25) is 0 Å². The molecular formula is C22H27F2IN6. The lowest BCUT2D eigenvalue weighted by molar-refractivity contribution is 0.575. The number of imidazole rings is 1. The van der Waals surface area contributed by atoms with Crippen LogP contribution in [0.5, 0.6) is 0 Å². The Balaban J connectivity index is 0.00000272. The molecule has 1 atom stereocenters. The molecule has 0 saturated carbocycles. The molecule has 6 nitrogen and oxygen atoms in total. The van der Waals surface area contributed by atoms with Gasteiger partial charge in [-0.15, -0.1) is 24.0 Å². The van der Waals surface area contributed by atoms with E-state index in [2.05, 4.69) is 31.2 Å². The van der Waals surface area contributed by atoms with Crippen molar-refractivity contribution in [2.75, 3.05) is 31.6 Å². The smallest absolute Gasteiger partial charge is 0.191 e. The molecule has 0 aliphatic carbocycles. The summed E-state index contributed by atoms with van der Waals surface area (Å²) in [6.45, 7) is 4.54. The highest BCUT2D eigenvalue weighted by Gasteiger charge is 2.27. The van der Waals surface area contributed by atoms with Gasteiger partial charge in [0.05, 0.1) is 11.0 Å². The molecule has 31 heavy (non-hydrogen) atoms. The second-order valence-electron chi connectivity index (χ2n) is 7.44. The van der Waals surface area contributed by atoms with Crippen LogP contribution in [0.25, 0.3) is 11.0 Å². The minimum atomic E-state index is -0.527. The summed E-state index contributed by atoms with van der Waals surface area (Å²) < 4.78 is 30.3. The molecule has 9 heteroatoms. The van der Waals surface area contributed by atoms with E-state index >= 15 is 0 Å². The van der Waals surface area contributed by atoms with Gasteiger partial charge in [0.15, 0.2) is 5.96 Å². The average molecular weight is 540 g/mol. The van der Waals surface area contributed by atoms with Crippen LogP contribution in [0.3, 0.4) is 0 Å². The van der Waals surface area contributed by atoms with Gasteiger partial charge in [0.2, 0.25) is 0 Å². The van der Waals surface area contributed by atoms with Crippen LogP contribution >= 0.6 is 24.0 Å². The van der Waals surface area contributed by atoms with Crippen molar-refractivity contribution < 1.29 is 8.78 Å². The molecule has 1 unspecified atom stereocenters. The average Bonchev–Trinajstić information content (AvgIpc) is 3.31. The maximum atomic E-state index is 14.1. The summed E-state index contributed by atoms with van der Waals surface area (Å²) in [6, 6.07) is 12.1. The first-order valence-electron chi connectivity index (χ1n) is 10.1. The highest BCUT2D eigenvalue weighted by Crippen LogP contribution is 2.26. The van der Waals surface area contributed by atoms with Gasteiger partial charge in [-0.2, -0.15) is 0 Å². The fraction of sp³-hybridized carbons (Fsp3) is 0.364. The molecule has 166 valence electrons. The van der Waals surface area contributed by atoms with E-state index in [1.54, 1.807) is 11.9 Å². The number of aliphatic imine (C=N–C) groups is 1. The predicted octanol–water partition coefficient (Wildman–Crippen LogP) is 3.68. The van der Waals surface area contributed by atoms with E-state index in [-0.39, 0.29) is 35.7 Å². The molecule has 2 N–H and O–H groups in total. The molecule has 3 aromatic rings. The Bertz CT molecular complexity index is 1050. The number of halogens is 3. The van der Waals surface area contributed by atoms with Crippen LogP contribution in [-0.2, 0) is 6.54 Å². The topological polar surface area (TPSA) is 57.5 Å². The van der Waals surface area contributed by atoms with Gasteiger partial charge in [-0.05, 0) is 37.6 Å². The van der Waals surface area contributed by atoms with Gasteiger partial charge in [0.1, 0.15) is 23.1 Å². The molecule has 1 aliphatic rings. The first-order chi connectivity index (χ1) is 14.6. The molecule has 0 radical (unpaired) electrons. The van der Waals surface area contributed by atoms with E-state index in [0.717, 1.165) is 29.8 Å². The SMILES string of the molecule is CN=C(NCCn1c(C)nc2ccccc21)NC1CCN(c2c(F)cccc2F)C1.I. The third-order valence-corrected chi connectivity index (χ3v) is 5.48. The number of aromatic nitrogens is 2. The standard InChI is InChI=1S/C22H26F2N6.HI/c1-15-27-19-8-3-4-9-20(19)30(15)13-11-26-22(25-2)28-16-10-12-29(14-16)21-17(23)6-5-7-18(21)24;/h3-9,16H,10-14H2,1-2H3,(H2,25,26,28);1H. The van der Waals surface area contributed by atoms with E-state index < -0.39 is 11.6 Å². The van der Waals surface area contributed by atoms with Gasteiger partial charge < -0.3 is 20.1 Å². The summed E-state index contributed by atoms with van der Waals surface area (Å²) in [4.78, 5) is 10.6. The van der Waals surface area contributed by atoms with Crippen LogP contribution in [0.1, 0.15) is 12.2 Å². The number of nitrogens with one attached hydrogen (secondary N) is 2. The molecule has 1 aromatic heterocycles. The van der Waals surface area contributed by atoms with Gasteiger partial charge in [0, 0.05) is 39.3 Å². The monoisotopic (exact) mass is 540 g/mol. The van der Waals surface area contributed by atoms with Crippen molar-refractivity contribution in [3.05, 3.63) is 59.9 Å². The number of fused-ring (bicyclic) bond motifs is 1. The van der Waals surface area contributed by atoms with Crippen LogP contribution in [-0.4, -0.2) is 48.2 Å². The summed E-state index contributed by atoms with van der Waals surface area (Å²) in [6.07, 6.45) is 0.778. The van der Waals surface area contributed by atoms with Gasteiger partial charge >= 0.3 is 0 Å². The van der Waals surface area contributed by atoms with Crippen molar-refractivity contribution in [1.82, 2.24) is 20.2 Å². The lowest BCUT2D eigenvalue weighted by Gasteiger charge is -2.21. The van der Waals surface area contributed by atoms with E-state index in [1.807, 2.05) is 25.1 Å². The Morgan fingerprint density at radius 1 is 1.16 bits per heavy atom. The molecule has 1 saturated heterocycles. The highest BCUT2D eigenvalue weighted by atomic mass is 127. The maximum Gasteiger partial charge on any atom is 0.191 e. The Morgan fingerprint density at radius 2 is 1.90 bits per heavy atom. The summed E-state index contributed by atoms with van der Waals surface area (Å²) in [5.41, 5.74) is 2.15. The Morgan fingerprint density at radius 3 is 2.65 bits per heavy atom. The summed E-state index contributed by atoms with van der Waals surface area (Å²) in [5.74, 6) is 0.597. The molecule has 0 amide bonds. The predicted molar refractivity (Wildman–Crippen MR) is 131 cm³/mol. The molecule has 0 spiro atoms. The molecule has 2 aromatic carbocycles. The fourth-order valence-electron chi connectivity index (χ4n) is 4.02. The zero-order valence-corrected chi connectivity index (χ0v) is 19.9. The third kappa shape index (κ3) is 5.08. The number of anilines is 1. The Kier molecular flexibility index (Phi) is 7.69. The first kappa shape index (κ1) is 23.2. The molecule has 1 aliphatic heterocycles. The second kappa shape index (κ2) is 10.3. The molecule has 0 bridgehead atoms. The number of guanidine groups is 1. The number of benzene rings is 2. The number of rotatable bonds is 5. The lowest BCUT2D eigenvalue weighted by Crippen LogP contribution is -2.45. The van der Waals surface area contributed by atoms with E-state index in [1.165, 1.54) is 18.2 Å². The highest BCUT2D eigenvalue weighted by molar-refractivity contribution is 14.0. The second-order valence-corrected chi connectivity index (χ2v) is 7.44. The Hall–Kier alpha value is -2.43. The molecule has 1 fully saturated rings. The van der Waals surface area contributed by atoms with Crippen LogP contribution in [0.15, 0.2) is 47.5 Å². The fourth-order valence-corrected chi connectivity index (χ4v) is 4.02. The molecular weight excluding hydrogens is 513 g/mol. The zero-order valence-electron chi connectivity index (χ0n) is 17.6. The van der Waals surface area contributed by atoms with Crippen molar-refractivity contribution in [3.8, 4) is 0 Å². The van der Waals surface area contributed by atoms with Gasteiger partial charge in [-0.1, -0.05) is 18.2 Å². The van der Waals surface area contributed by atoms with Gasteiger partial charge in [-0.3, -0.25) is 4.99 Å². The molecule has 4 rings (SSSR count). The minimum Gasteiger partial charge on any atom is -0.365 e. The number of para-hydroxylation sites is 3. The van der Waals surface area contributed by atoms with E-state index in [0.29, 0.717) is 25.6 Å². The number of hydrogen-bond donors (Lipinski definition) is 2. The van der Waals surface area contributed by atoms with Crippen molar-refractivity contribution in [1.29, 1.82) is 0 Å². The van der Waals surface area contributed by atoms with Crippen molar-refractivity contribution in [3.63, 3.8) is 0 Å². The van der Waals surface area contributed by atoms with E-state index in [9.17, 15) is 8.78 Å². The molecule has 2 heterocycles. The summed E-state index contributed by atoms with van der Waals surface area (Å²) in [7, 11) is 1.72. The van der Waals surface area contributed by atoms with Crippen molar-refractivity contribution >= 4 is 46.7 Å². The normalized spacial score (nSPS) is 16.5. The van der Waals surface area contributed by atoms with Crippen LogP contribution in [0.4, 0.5) is 14.5 Å². The quantitative estimate of drug-likeness (QED) is 0.295. The van der Waals surface area contributed by atoms with E-state index in [4.69, 9.17) is 0 Å². The summed E-state index contributed by atoms with van der Waals surface area (Å²) in [5, 5.41) is 6.69. The van der Waals surface area contributed by atoms with Gasteiger partial charge in [-0.25, -0.2) is 13.8 Å². The summed E-state index contributed by atoms with van der Waals surface area (Å²) >= 11 is 0. The van der Waals surface area contributed by atoms with Crippen molar-refractivity contribution in [2.45, 2.75) is 25.9 Å². The largest absolute Gasteiger partial charge is 0.365 e. The van der Waals surface area contributed by atoms with Gasteiger partial charge in [0.25, 0.3) is 0 Å². The lowest BCUT2D eigenvalue weighted by atomic mass is 10.2.